The monoisotopic (exact) mass is 319 g/mol. The summed E-state index contributed by atoms with van der Waals surface area (Å²) in [6.07, 6.45) is -4.54. The number of carboxylic acid groups (broad SMARTS) is 1. The smallest absolute Gasteiger partial charge is 0.411 e. The molecule has 0 heterocycles. The molecular weight excluding hydrogens is 303 g/mol. The standard InChI is InChI=1S/C14H16F3NO4/c1-8-3-9(2)5-10(4-8)12(13(20)21)18-11(19)6-22-7-14(15,16)17/h3-5,12H,6-7H2,1-2H3,(H,18,19)(H,20,21). The number of aliphatic carboxylic acids is 1. The predicted molar refractivity (Wildman–Crippen MR) is 71.3 cm³/mol. The fourth-order valence-corrected chi connectivity index (χ4v) is 1.93. The highest BCUT2D eigenvalue weighted by Gasteiger charge is 2.28. The van der Waals surface area contributed by atoms with Gasteiger partial charge in [-0.1, -0.05) is 29.3 Å². The number of halogens is 3. The minimum absolute atomic E-state index is 0.342. The lowest BCUT2D eigenvalue weighted by Gasteiger charge is -2.16. The van der Waals surface area contributed by atoms with Crippen LogP contribution in [0.15, 0.2) is 18.2 Å². The highest BCUT2D eigenvalue weighted by molar-refractivity contribution is 5.85. The molecule has 0 aliphatic rings. The third-order valence-electron chi connectivity index (χ3n) is 2.63. The van der Waals surface area contributed by atoms with Gasteiger partial charge in [-0.25, -0.2) is 4.79 Å². The van der Waals surface area contributed by atoms with Crippen LogP contribution in [0.1, 0.15) is 22.7 Å². The normalized spacial score (nSPS) is 12.8. The van der Waals surface area contributed by atoms with Gasteiger partial charge in [0.1, 0.15) is 13.2 Å². The van der Waals surface area contributed by atoms with Gasteiger partial charge in [-0.05, 0) is 19.4 Å². The van der Waals surface area contributed by atoms with Crippen LogP contribution >= 0.6 is 0 Å². The van der Waals surface area contributed by atoms with E-state index in [-0.39, 0.29) is 0 Å². The number of amides is 1. The van der Waals surface area contributed by atoms with Crippen molar-refractivity contribution in [1.82, 2.24) is 5.32 Å². The highest BCUT2D eigenvalue weighted by atomic mass is 19.4. The Bertz CT molecular complexity index is 537. The van der Waals surface area contributed by atoms with E-state index in [9.17, 15) is 27.9 Å². The fraction of sp³-hybridized carbons (Fsp3) is 0.429. The number of carboxylic acids is 1. The van der Waals surface area contributed by atoms with Gasteiger partial charge in [-0.3, -0.25) is 4.79 Å². The SMILES string of the molecule is Cc1cc(C)cc(C(NC(=O)COCC(F)(F)F)C(=O)O)c1. The maximum Gasteiger partial charge on any atom is 0.411 e. The van der Waals surface area contributed by atoms with E-state index in [1.54, 1.807) is 26.0 Å². The van der Waals surface area contributed by atoms with Crippen LogP contribution in [0.25, 0.3) is 0 Å². The molecule has 0 saturated heterocycles. The summed E-state index contributed by atoms with van der Waals surface area (Å²) in [5.41, 5.74) is 1.96. The summed E-state index contributed by atoms with van der Waals surface area (Å²) in [5, 5.41) is 11.3. The molecule has 2 N–H and O–H groups in total. The molecular formula is C14H16F3NO4. The molecule has 1 unspecified atom stereocenters. The maximum atomic E-state index is 11.9. The summed E-state index contributed by atoms with van der Waals surface area (Å²) in [4.78, 5) is 22.8. The van der Waals surface area contributed by atoms with Gasteiger partial charge in [0.25, 0.3) is 0 Å². The molecule has 1 atom stereocenters. The Balaban J connectivity index is 2.72. The average molecular weight is 319 g/mol. The minimum atomic E-state index is -4.54. The first-order valence-corrected chi connectivity index (χ1v) is 6.33. The molecule has 1 rings (SSSR count). The number of benzene rings is 1. The summed E-state index contributed by atoms with van der Waals surface area (Å²) >= 11 is 0. The zero-order valence-electron chi connectivity index (χ0n) is 12.0. The number of hydrogen-bond donors (Lipinski definition) is 2. The van der Waals surface area contributed by atoms with Crippen molar-refractivity contribution in [3.63, 3.8) is 0 Å². The molecule has 8 heteroatoms. The third kappa shape index (κ3) is 6.13. The van der Waals surface area contributed by atoms with Gasteiger partial charge in [0.05, 0.1) is 0 Å². The molecule has 0 bridgehead atoms. The van der Waals surface area contributed by atoms with E-state index in [4.69, 9.17) is 0 Å². The Morgan fingerprint density at radius 1 is 1.23 bits per heavy atom. The first-order valence-electron chi connectivity index (χ1n) is 6.33. The lowest BCUT2D eigenvalue weighted by atomic mass is 10.0. The number of rotatable bonds is 6. The third-order valence-corrected chi connectivity index (χ3v) is 2.63. The maximum absolute atomic E-state index is 11.9. The summed E-state index contributed by atoms with van der Waals surface area (Å²) < 4.78 is 39.9. The van der Waals surface area contributed by atoms with Crippen LogP contribution in [0.3, 0.4) is 0 Å². The fourth-order valence-electron chi connectivity index (χ4n) is 1.93. The van der Waals surface area contributed by atoms with E-state index in [1.165, 1.54) is 0 Å². The number of carbonyl (C=O) groups excluding carboxylic acids is 1. The lowest BCUT2D eigenvalue weighted by Crippen LogP contribution is -2.36. The number of ether oxygens (including phenoxy) is 1. The van der Waals surface area contributed by atoms with Crippen molar-refractivity contribution in [2.75, 3.05) is 13.2 Å². The van der Waals surface area contributed by atoms with Crippen LogP contribution in [0.5, 0.6) is 0 Å². The lowest BCUT2D eigenvalue weighted by molar-refractivity contribution is -0.176. The van der Waals surface area contributed by atoms with Gasteiger partial charge in [-0.2, -0.15) is 13.2 Å². The van der Waals surface area contributed by atoms with Crippen LogP contribution in [0, 0.1) is 13.8 Å². The van der Waals surface area contributed by atoms with E-state index in [0.717, 1.165) is 11.1 Å². The van der Waals surface area contributed by atoms with Crippen molar-refractivity contribution in [2.45, 2.75) is 26.1 Å². The molecule has 1 aromatic rings. The summed E-state index contributed by atoms with van der Waals surface area (Å²) in [5.74, 6) is -2.25. The quantitative estimate of drug-likeness (QED) is 0.842. The largest absolute Gasteiger partial charge is 0.479 e. The van der Waals surface area contributed by atoms with E-state index in [1.807, 2.05) is 6.07 Å². The molecule has 1 aromatic carbocycles. The second-order valence-electron chi connectivity index (χ2n) is 4.87. The van der Waals surface area contributed by atoms with Crippen molar-refractivity contribution in [3.05, 3.63) is 34.9 Å². The average Bonchev–Trinajstić information content (AvgIpc) is 2.32. The predicted octanol–water partition coefficient (Wildman–Crippen LogP) is 2.12. The van der Waals surface area contributed by atoms with Gasteiger partial charge < -0.3 is 15.2 Å². The van der Waals surface area contributed by atoms with Crippen LogP contribution in [0.4, 0.5) is 13.2 Å². The zero-order chi connectivity index (χ0) is 16.9. The number of alkyl halides is 3. The molecule has 122 valence electrons. The van der Waals surface area contributed by atoms with E-state index < -0.39 is 37.3 Å². The summed E-state index contributed by atoms with van der Waals surface area (Å²) in [7, 11) is 0. The minimum Gasteiger partial charge on any atom is -0.479 e. The van der Waals surface area contributed by atoms with Crippen LogP contribution in [-0.2, 0) is 14.3 Å². The molecule has 0 spiro atoms. The first-order chi connectivity index (χ1) is 10.1. The molecule has 0 aromatic heterocycles. The Labute approximate surface area is 125 Å². The van der Waals surface area contributed by atoms with E-state index in [0.29, 0.717) is 5.56 Å². The first kappa shape index (κ1) is 18.0. The Hall–Kier alpha value is -2.09. The number of nitrogens with one attached hydrogen (secondary N) is 1. The van der Waals surface area contributed by atoms with Gasteiger partial charge in [0.15, 0.2) is 6.04 Å². The van der Waals surface area contributed by atoms with Gasteiger partial charge in [-0.15, -0.1) is 0 Å². The highest BCUT2D eigenvalue weighted by Crippen LogP contribution is 2.18. The van der Waals surface area contributed by atoms with Crippen molar-refractivity contribution < 1.29 is 32.6 Å². The van der Waals surface area contributed by atoms with Crippen molar-refractivity contribution in [1.29, 1.82) is 0 Å². The van der Waals surface area contributed by atoms with Gasteiger partial charge in [0.2, 0.25) is 5.91 Å². The second kappa shape index (κ2) is 7.26. The van der Waals surface area contributed by atoms with Crippen LogP contribution in [-0.4, -0.2) is 36.4 Å². The Kier molecular flexibility index (Phi) is 5.92. The molecule has 0 aliphatic carbocycles. The number of hydrogen-bond acceptors (Lipinski definition) is 3. The van der Waals surface area contributed by atoms with Crippen molar-refractivity contribution in [2.24, 2.45) is 0 Å². The second-order valence-corrected chi connectivity index (χ2v) is 4.87. The molecule has 0 radical (unpaired) electrons. The van der Waals surface area contributed by atoms with E-state index in [2.05, 4.69) is 10.1 Å². The molecule has 0 fully saturated rings. The summed E-state index contributed by atoms with van der Waals surface area (Å²) in [6.45, 7) is 1.10. The molecule has 0 saturated carbocycles. The van der Waals surface area contributed by atoms with Gasteiger partial charge in [0, 0.05) is 0 Å². The van der Waals surface area contributed by atoms with E-state index >= 15 is 0 Å². The number of aryl methyl sites for hydroxylation is 2. The van der Waals surface area contributed by atoms with Crippen LogP contribution in [0.2, 0.25) is 0 Å². The Morgan fingerprint density at radius 3 is 2.23 bits per heavy atom. The van der Waals surface area contributed by atoms with Crippen LogP contribution < -0.4 is 5.32 Å². The molecule has 5 nitrogen and oxygen atoms in total. The summed E-state index contributed by atoms with van der Waals surface area (Å²) in [6, 6.07) is 3.66. The molecule has 1 amide bonds. The topological polar surface area (TPSA) is 75.6 Å². The van der Waals surface area contributed by atoms with Crippen molar-refractivity contribution >= 4 is 11.9 Å². The zero-order valence-corrected chi connectivity index (χ0v) is 12.0. The number of carbonyl (C=O) groups is 2. The molecule has 22 heavy (non-hydrogen) atoms. The van der Waals surface area contributed by atoms with Gasteiger partial charge >= 0.3 is 12.1 Å². The van der Waals surface area contributed by atoms with Crippen molar-refractivity contribution in [3.8, 4) is 0 Å². The Morgan fingerprint density at radius 2 is 1.77 bits per heavy atom. The molecule has 0 aliphatic heterocycles.